The van der Waals surface area contributed by atoms with Crippen LogP contribution in [0.1, 0.15) is 47.0 Å². The Labute approximate surface area is 255 Å². The first-order valence-electron chi connectivity index (χ1n) is 15.2. The zero-order valence-corrected chi connectivity index (χ0v) is 26.5. The quantitative estimate of drug-likeness (QED) is 0.320. The molecule has 1 spiro atoms. The van der Waals surface area contributed by atoms with Gasteiger partial charge in [0.2, 0.25) is 11.8 Å². The number of aliphatic hydroxyl groups is 1. The topological polar surface area (TPSA) is 90.4 Å². The Bertz CT molecular complexity index is 1170. The molecule has 2 bridgehead atoms. The van der Waals surface area contributed by atoms with Crippen molar-refractivity contribution >= 4 is 35.2 Å². The molecule has 0 aromatic heterocycles. The molecule has 3 saturated heterocycles. The van der Waals surface area contributed by atoms with E-state index < -0.39 is 28.7 Å². The molecule has 1 aromatic carbocycles. The summed E-state index contributed by atoms with van der Waals surface area (Å²) >= 11 is 1.66. The van der Waals surface area contributed by atoms with Gasteiger partial charge in [0.15, 0.2) is 0 Å². The molecular weight excluding hydrogens is 550 g/mol. The summed E-state index contributed by atoms with van der Waals surface area (Å²) in [6.45, 7) is 17.0. The number of benzene rings is 1. The summed E-state index contributed by atoms with van der Waals surface area (Å²) < 4.78 is 4.56. The minimum Gasteiger partial charge on any atom is -0.497 e. The van der Waals surface area contributed by atoms with Gasteiger partial charge in [-0.2, -0.15) is 0 Å². The van der Waals surface area contributed by atoms with E-state index in [1.807, 2.05) is 49.9 Å². The number of hydrogen-bond acceptors (Lipinski definition) is 6. The highest BCUT2D eigenvalue weighted by Crippen LogP contribution is 2.69. The van der Waals surface area contributed by atoms with E-state index in [2.05, 4.69) is 20.1 Å². The van der Waals surface area contributed by atoms with Gasteiger partial charge in [-0.05, 0) is 55.4 Å². The summed E-state index contributed by atoms with van der Waals surface area (Å²) in [5, 5.41) is 10.6. The lowest BCUT2D eigenvalue weighted by Gasteiger charge is -2.42. The smallest absolute Gasteiger partial charge is 0.251 e. The van der Waals surface area contributed by atoms with Gasteiger partial charge in [0.05, 0.1) is 36.3 Å². The fourth-order valence-electron chi connectivity index (χ4n) is 7.52. The van der Waals surface area contributed by atoms with Gasteiger partial charge >= 0.3 is 0 Å². The molecule has 3 fully saturated rings. The van der Waals surface area contributed by atoms with Crippen LogP contribution < -0.4 is 9.64 Å². The molecule has 0 aliphatic carbocycles. The average Bonchev–Trinajstić information content (AvgIpc) is 3.57. The number of nitrogens with zero attached hydrogens (tertiary/aromatic N) is 3. The third-order valence-corrected chi connectivity index (χ3v) is 11.2. The Morgan fingerprint density at radius 3 is 2.40 bits per heavy atom. The summed E-state index contributed by atoms with van der Waals surface area (Å²) in [4.78, 5) is 48.9. The molecule has 230 valence electrons. The number of fused-ring (bicyclic) bond motifs is 1. The SMILES string of the molecule is C=CCN(CCC)C(=O)[C@@H]1[C@@H]2CC(C)C3(S2)C(C(=O)N(CC=C)c2ccc(OC)cc2)N([C@@H](CO)CC(C)C)C(=O)[C@H]13. The maximum absolute atomic E-state index is 14.9. The van der Waals surface area contributed by atoms with Crippen molar-refractivity contribution in [2.75, 3.05) is 38.3 Å². The predicted octanol–water partition coefficient (Wildman–Crippen LogP) is 4.38. The van der Waals surface area contributed by atoms with Gasteiger partial charge in [0.1, 0.15) is 11.8 Å². The molecular formula is C33H47N3O5S. The molecule has 0 saturated carbocycles. The maximum Gasteiger partial charge on any atom is 0.251 e. The monoisotopic (exact) mass is 597 g/mol. The summed E-state index contributed by atoms with van der Waals surface area (Å²) in [5.74, 6) is -0.669. The first-order valence-corrected chi connectivity index (χ1v) is 16.1. The van der Waals surface area contributed by atoms with Gasteiger partial charge in [0.25, 0.3) is 5.91 Å². The maximum atomic E-state index is 14.9. The number of amides is 3. The van der Waals surface area contributed by atoms with Gasteiger partial charge < -0.3 is 24.5 Å². The minimum absolute atomic E-state index is 0.0306. The second-order valence-electron chi connectivity index (χ2n) is 12.3. The third kappa shape index (κ3) is 5.39. The molecule has 9 heteroatoms. The van der Waals surface area contributed by atoms with E-state index in [1.165, 1.54) is 0 Å². The highest BCUT2D eigenvalue weighted by molar-refractivity contribution is 8.02. The summed E-state index contributed by atoms with van der Waals surface area (Å²) in [6, 6.07) is 5.93. The number of ether oxygens (including phenoxy) is 1. The Hall–Kier alpha value is -2.78. The lowest BCUT2D eigenvalue weighted by atomic mass is 9.65. The fourth-order valence-corrected chi connectivity index (χ4v) is 9.92. The number of thioether (sulfide) groups is 1. The number of anilines is 1. The standard InChI is InChI=1S/C33H47N3O5S/c1-8-15-34(16-9-2)30(38)27-26-19-22(6)33(42-26)28(27)31(39)36(24(20-37)18-21(4)5)29(33)32(40)35(17-10-3)23-11-13-25(41-7)14-12-23/h8,10-14,21-22,24,26-29,37H,1,3,9,15-20H2,2,4-7H3/t22?,24-,26+,27-,28+,29?,33?/m1/s1. The zero-order chi connectivity index (χ0) is 30.8. The number of carbonyl (C=O) groups excluding carboxylic acids is 3. The van der Waals surface area contributed by atoms with Gasteiger partial charge in [-0.25, -0.2) is 0 Å². The molecule has 42 heavy (non-hydrogen) atoms. The van der Waals surface area contributed by atoms with Crippen molar-refractivity contribution in [2.24, 2.45) is 23.7 Å². The summed E-state index contributed by atoms with van der Waals surface area (Å²) in [6.07, 6.45) is 5.53. The Morgan fingerprint density at radius 2 is 1.86 bits per heavy atom. The van der Waals surface area contributed by atoms with Crippen molar-refractivity contribution in [3.05, 3.63) is 49.6 Å². The molecule has 1 aromatic rings. The third-order valence-electron chi connectivity index (χ3n) is 9.17. The first kappa shape index (κ1) is 32.1. The van der Waals surface area contributed by atoms with Gasteiger partial charge in [-0.3, -0.25) is 14.4 Å². The molecule has 3 amide bonds. The van der Waals surface area contributed by atoms with Gasteiger partial charge in [0, 0.05) is 30.6 Å². The second kappa shape index (κ2) is 13.2. The van der Waals surface area contributed by atoms with E-state index >= 15 is 0 Å². The molecule has 1 N–H and O–H groups in total. The molecule has 4 rings (SSSR count). The lowest BCUT2D eigenvalue weighted by molar-refractivity contribution is -0.145. The van der Waals surface area contributed by atoms with Crippen LogP contribution in [-0.2, 0) is 14.4 Å². The van der Waals surface area contributed by atoms with Crippen LogP contribution in [-0.4, -0.2) is 88.1 Å². The van der Waals surface area contributed by atoms with Crippen LogP contribution in [0.5, 0.6) is 5.75 Å². The molecule has 0 radical (unpaired) electrons. The van der Waals surface area contributed by atoms with E-state index in [4.69, 9.17) is 4.74 Å². The summed E-state index contributed by atoms with van der Waals surface area (Å²) in [7, 11) is 1.59. The highest BCUT2D eigenvalue weighted by Gasteiger charge is 2.77. The predicted molar refractivity (Wildman–Crippen MR) is 168 cm³/mol. The van der Waals surface area contributed by atoms with Crippen molar-refractivity contribution in [1.29, 1.82) is 0 Å². The van der Waals surface area contributed by atoms with E-state index in [0.29, 0.717) is 30.9 Å². The van der Waals surface area contributed by atoms with Crippen LogP contribution in [0.4, 0.5) is 5.69 Å². The van der Waals surface area contributed by atoms with Crippen LogP contribution in [0.25, 0.3) is 0 Å². The van der Waals surface area contributed by atoms with E-state index in [9.17, 15) is 19.5 Å². The van der Waals surface area contributed by atoms with Crippen molar-refractivity contribution in [3.63, 3.8) is 0 Å². The second-order valence-corrected chi connectivity index (χ2v) is 13.8. The van der Waals surface area contributed by atoms with Gasteiger partial charge in [-0.15, -0.1) is 24.9 Å². The van der Waals surface area contributed by atoms with Crippen molar-refractivity contribution < 1.29 is 24.2 Å². The van der Waals surface area contributed by atoms with Crippen LogP contribution in [0.2, 0.25) is 0 Å². The molecule has 7 atom stereocenters. The number of hydrogen-bond donors (Lipinski definition) is 1. The lowest BCUT2D eigenvalue weighted by Crippen LogP contribution is -2.59. The van der Waals surface area contributed by atoms with E-state index in [0.717, 1.165) is 12.8 Å². The number of carbonyl (C=O) groups is 3. The van der Waals surface area contributed by atoms with Gasteiger partial charge in [-0.1, -0.05) is 39.8 Å². The number of aliphatic hydroxyl groups excluding tert-OH is 1. The first-order chi connectivity index (χ1) is 20.1. The van der Waals surface area contributed by atoms with Crippen LogP contribution >= 0.6 is 11.8 Å². The van der Waals surface area contributed by atoms with Crippen molar-refractivity contribution in [3.8, 4) is 5.75 Å². The molecule has 3 unspecified atom stereocenters. The normalized spacial score (nSPS) is 28.5. The molecule has 3 aliphatic rings. The Balaban J connectivity index is 1.85. The average molecular weight is 598 g/mol. The zero-order valence-electron chi connectivity index (χ0n) is 25.7. The van der Waals surface area contributed by atoms with Crippen LogP contribution in [0.15, 0.2) is 49.6 Å². The minimum atomic E-state index is -0.824. The largest absolute Gasteiger partial charge is 0.497 e. The number of methoxy groups -OCH3 is 1. The number of likely N-dealkylation sites (tertiary alicyclic amines) is 1. The van der Waals surface area contributed by atoms with Crippen molar-refractivity contribution in [1.82, 2.24) is 9.80 Å². The molecule has 3 heterocycles. The van der Waals surface area contributed by atoms with Crippen LogP contribution in [0.3, 0.4) is 0 Å². The van der Waals surface area contributed by atoms with E-state index in [-0.39, 0.29) is 48.0 Å². The van der Waals surface area contributed by atoms with Crippen molar-refractivity contribution in [2.45, 2.75) is 69.0 Å². The fraction of sp³-hybridized carbons (Fsp3) is 0.606. The number of rotatable bonds is 14. The Kier molecular flexibility index (Phi) is 10.1. The molecule has 8 nitrogen and oxygen atoms in total. The van der Waals surface area contributed by atoms with E-state index in [1.54, 1.807) is 40.8 Å². The highest BCUT2D eigenvalue weighted by atomic mass is 32.2. The Morgan fingerprint density at radius 1 is 1.19 bits per heavy atom. The summed E-state index contributed by atoms with van der Waals surface area (Å²) in [5.41, 5.74) is 0.676. The van der Waals surface area contributed by atoms with Crippen LogP contribution in [0, 0.1) is 23.7 Å². The molecule has 3 aliphatic heterocycles.